The lowest BCUT2D eigenvalue weighted by atomic mass is 9.97. The number of benzene rings is 1. The maximum absolute atomic E-state index is 12.8. The molecule has 0 saturated heterocycles. The Kier molecular flexibility index (Phi) is 7.98. The van der Waals surface area contributed by atoms with Crippen LogP contribution in [0.25, 0.3) is 0 Å². The van der Waals surface area contributed by atoms with Crippen LogP contribution in [0.5, 0.6) is 0 Å². The molecule has 0 saturated carbocycles. The van der Waals surface area contributed by atoms with Gasteiger partial charge in [0.15, 0.2) is 0 Å². The Morgan fingerprint density at radius 1 is 1.24 bits per heavy atom. The van der Waals surface area contributed by atoms with Crippen molar-refractivity contribution in [1.82, 2.24) is 5.32 Å². The monoisotopic (exact) mass is 364 g/mol. The molecule has 1 aromatic rings. The van der Waals surface area contributed by atoms with Crippen LogP contribution >= 0.6 is 11.8 Å². The van der Waals surface area contributed by atoms with Crippen molar-refractivity contribution in [3.63, 3.8) is 0 Å². The number of carbonyl (C=O) groups excluding carboxylic acids is 2. The average molecular weight is 364 g/mol. The highest BCUT2D eigenvalue weighted by atomic mass is 32.2. The van der Waals surface area contributed by atoms with Crippen molar-refractivity contribution in [1.29, 1.82) is 0 Å². The minimum atomic E-state index is -0.346. The molecular weight excluding hydrogens is 339 g/mol. The maximum atomic E-state index is 12.8. The molecule has 6 heteroatoms. The predicted octanol–water partition coefficient (Wildman–Crippen LogP) is 3.89. The van der Waals surface area contributed by atoms with Gasteiger partial charge in [0.1, 0.15) is 5.82 Å². The van der Waals surface area contributed by atoms with Crippen molar-refractivity contribution >= 4 is 29.3 Å². The molecule has 0 fully saturated rings. The van der Waals surface area contributed by atoms with E-state index in [2.05, 4.69) is 16.7 Å². The molecule has 1 aliphatic rings. The molecule has 0 bridgehead atoms. The lowest BCUT2D eigenvalue weighted by molar-refractivity contribution is -0.120. The quantitative estimate of drug-likeness (QED) is 0.688. The van der Waals surface area contributed by atoms with Gasteiger partial charge >= 0.3 is 0 Å². The first kappa shape index (κ1) is 19.5. The summed E-state index contributed by atoms with van der Waals surface area (Å²) in [6, 6.07) is 5.60. The van der Waals surface area contributed by atoms with Crippen LogP contribution in [-0.2, 0) is 9.59 Å². The van der Waals surface area contributed by atoms with Crippen molar-refractivity contribution in [2.24, 2.45) is 0 Å². The van der Waals surface area contributed by atoms with Gasteiger partial charge in [-0.1, -0.05) is 11.6 Å². The molecule has 0 heterocycles. The molecule has 2 amide bonds. The van der Waals surface area contributed by atoms with Crippen LogP contribution in [0.1, 0.15) is 39.0 Å². The molecule has 1 atom stereocenters. The first-order valence-corrected chi connectivity index (χ1v) is 9.72. The molecule has 2 rings (SSSR count). The van der Waals surface area contributed by atoms with E-state index in [1.807, 2.05) is 0 Å². The van der Waals surface area contributed by atoms with Crippen LogP contribution in [0.4, 0.5) is 10.1 Å². The number of amides is 2. The summed E-state index contributed by atoms with van der Waals surface area (Å²) in [6.07, 6.45) is 8.00. The molecule has 1 aliphatic carbocycles. The summed E-state index contributed by atoms with van der Waals surface area (Å²) in [4.78, 5) is 23.9. The van der Waals surface area contributed by atoms with Crippen LogP contribution < -0.4 is 10.6 Å². The molecule has 1 aromatic carbocycles. The second kappa shape index (κ2) is 10.2. The van der Waals surface area contributed by atoms with Gasteiger partial charge < -0.3 is 10.6 Å². The third-order valence-corrected chi connectivity index (χ3v) is 5.23. The molecule has 0 spiro atoms. The van der Waals surface area contributed by atoms with E-state index in [0.29, 0.717) is 12.2 Å². The van der Waals surface area contributed by atoms with E-state index in [-0.39, 0.29) is 28.6 Å². The van der Waals surface area contributed by atoms with Crippen LogP contribution in [0.2, 0.25) is 0 Å². The average Bonchev–Trinajstić information content (AvgIpc) is 2.62. The highest BCUT2D eigenvalue weighted by Gasteiger charge is 2.15. The molecule has 2 N–H and O–H groups in total. The summed E-state index contributed by atoms with van der Waals surface area (Å²) in [6.45, 7) is 2.45. The van der Waals surface area contributed by atoms with Crippen molar-refractivity contribution < 1.29 is 14.0 Å². The summed E-state index contributed by atoms with van der Waals surface area (Å²) in [5, 5.41) is 5.33. The van der Waals surface area contributed by atoms with Gasteiger partial charge in [-0.15, -0.1) is 11.8 Å². The zero-order valence-electron chi connectivity index (χ0n) is 14.5. The number of allylic oxidation sites excluding steroid dienone is 1. The summed E-state index contributed by atoms with van der Waals surface area (Å²) < 4.78 is 12.8. The third kappa shape index (κ3) is 7.30. The van der Waals surface area contributed by atoms with E-state index in [1.165, 1.54) is 54.4 Å². The van der Waals surface area contributed by atoms with Crippen LogP contribution in [0, 0.1) is 5.82 Å². The van der Waals surface area contributed by atoms with E-state index < -0.39 is 0 Å². The molecule has 0 aromatic heterocycles. The predicted molar refractivity (Wildman–Crippen MR) is 101 cm³/mol. The summed E-state index contributed by atoms with van der Waals surface area (Å²) in [7, 11) is 0. The number of nitrogens with one attached hydrogen (secondary N) is 2. The Morgan fingerprint density at radius 2 is 2.00 bits per heavy atom. The SMILES string of the molecule is C[C@@H](SCC(=O)Nc1ccc(F)cc1)C(=O)NCCC1=CCCCC1. The Morgan fingerprint density at radius 3 is 2.68 bits per heavy atom. The highest BCUT2D eigenvalue weighted by Crippen LogP contribution is 2.19. The minimum Gasteiger partial charge on any atom is -0.355 e. The van der Waals surface area contributed by atoms with Gasteiger partial charge in [-0.05, 0) is 63.3 Å². The molecule has 25 heavy (non-hydrogen) atoms. The molecule has 0 unspecified atom stereocenters. The van der Waals surface area contributed by atoms with E-state index in [1.54, 1.807) is 6.92 Å². The molecule has 0 aliphatic heterocycles. The lowest BCUT2D eigenvalue weighted by Gasteiger charge is -2.15. The van der Waals surface area contributed by atoms with E-state index in [9.17, 15) is 14.0 Å². The molecular formula is C19H25FN2O2S. The Labute approximate surface area is 152 Å². The van der Waals surface area contributed by atoms with Gasteiger partial charge in [0.2, 0.25) is 11.8 Å². The largest absolute Gasteiger partial charge is 0.355 e. The topological polar surface area (TPSA) is 58.2 Å². The Hall–Kier alpha value is -1.82. The Balaban J connectivity index is 1.63. The number of rotatable bonds is 8. The first-order valence-electron chi connectivity index (χ1n) is 8.67. The number of thioether (sulfide) groups is 1. The maximum Gasteiger partial charge on any atom is 0.234 e. The number of halogens is 1. The highest BCUT2D eigenvalue weighted by molar-refractivity contribution is 8.01. The van der Waals surface area contributed by atoms with Crippen molar-refractivity contribution in [2.45, 2.75) is 44.3 Å². The Bertz CT molecular complexity index is 616. The number of hydrogen-bond acceptors (Lipinski definition) is 3. The van der Waals surface area contributed by atoms with E-state index in [4.69, 9.17) is 0 Å². The van der Waals surface area contributed by atoms with Crippen LogP contribution in [0.15, 0.2) is 35.9 Å². The van der Waals surface area contributed by atoms with Gasteiger partial charge in [-0.2, -0.15) is 0 Å². The zero-order chi connectivity index (χ0) is 18.1. The van der Waals surface area contributed by atoms with Crippen molar-refractivity contribution in [3.8, 4) is 0 Å². The zero-order valence-corrected chi connectivity index (χ0v) is 15.3. The standard InChI is InChI=1S/C19H25FN2O2S/c1-14(19(24)21-12-11-15-5-3-2-4-6-15)25-13-18(23)22-17-9-7-16(20)8-10-17/h5,7-10,14H,2-4,6,11-13H2,1H3,(H,21,24)(H,22,23)/t14-/m1/s1. The van der Waals surface area contributed by atoms with Gasteiger partial charge in [0, 0.05) is 12.2 Å². The second-order valence-corrected chi connectivity index (χ2v) is 7.49. The van der Waals surface area contributed by atoms with Crippen LogP contribution in [0.3, 0.4) is 0 Å². The minimum absolute atomic E-state index is 0.0454. The van der Waals surface area contributed by atoms with E-state index in [0.717, 1.165) is 19.3 Å². The number of hydrogen-bond donors (Lipinski definition) is 2. The second-order valence-electron chi connectivity index (χ2n) is 6.16. The normalized spacial score (nSPS) is 15.2. The number of carbonyl (C=O) groups is 2. The first-order chi connectivity index (χ1) is 12.0. The van der Waals surface area contributed by atoms with E-state index >= 15 is 0 Å². The van der Waals surface area contributed by atoms with Crippen LogP contribution in [-0.4, -0.2) is 29.4 Å². The molecule has 0 radical (unpaired) electrons. The molecule has 136 valence electrons. The fourth-order valence-corrected chi connectivity index (χ4v) is 3.34. The van der Waals surface area contributed by atoms with Gasteiger partial charge in [-0.25, -0.2) is 4.39 Å². The number of anilines is 1. The van der Waals surface area contributed by atoms with Gasteiger partial charge in [-0.3, -0.25) is 9.59 Å². The summed E-state index contributed by atoms with van der Waals surface area (Å²) >= 11 is 1.29. The molecule has 4 nitrogen and oxygen atoms in total. The lowest BCUT2D eigenvalue weighted by Crippen LogP contribution is -2.32. The summed E-state index contributed by atoms with van der Waals surface area (Å²) in [5.41, 5.74) is 1.98. The van der Waals surface area contributed by atoms with Crippen molar-refractivity contribution in [2.75, 3.05) is 17.6 Å². The van der Waals surface area contributed by atoms with Crippen molar-refractivity contribution in [3.05, 3.63) is 41.7 Å². The fraction of sp³-hybridized carbons (Fsp3) is 0.474. The smallest absolute Gasteiger partial charge is 0.234 e. The fourth-order valence-electron chi connectivity index (χ4n) is 2.63. The van der Waals surface area contributed by atoms with Gasteiger partial charge in [0.05, 0.1) is 11.0 Å². The summed E-state index contributed by atoms with van der Waals surface area (Å²) in [5.74, 6) is -0.418. The van der Waals surface area contributed by atoms with Gasteiger partial charge in [0.25, 0.3) is 0 Å². The third-order valence-electron chi connectivity index (χ3n) is 4.09.